The largest absolute Gasteiger partial charge is 0.273 e. The second kappa shape index (κ2) is 7.65. The van der Waals surface area contributed by atoms with Crippen LogP contribution in [0.1, 0.15) is 28.2 Å². The van der Waals surface area contributed by atoms with E-state index in [1.165, 1.54) is 0 Å². The van der Waals surface area contributed by atoms with Gasteiger partial charge in [-0.2, -0.15) is 0 Å². The van der Waals surface area contributed by atoms with E-state index in [1.54, 1.807) is 36.4 Å². The summed E-state index contributed by atoms with van der Waals surface area (Å²) in [6.07, 6.45) is -0.00960. The maximum Gasteiger partial charge on any atom is 0.266 e. The van der Waals surface area contributed by atoms with E-state index in [-0.39, 0.29) is 23.8 Å². The molecule has 1 aliphatic heterocycles. The zero-order chi connectivity index (χ0) is 20.6. The highest BCUT2D eigenvalue weighted by molar-refractivity contribution is 7.89. The lowest BCUT2D eigenvalue weighted by Gasteiger charge is -2.25. The van der Waals surface area contributed by atoms with Gasteiger partial charge in [-0.15, -0.1) is 0 Å². The maximum atomic E-state index is 13.3. The van der Waals surface area contributed by atoms with Crippen molar-refractivity contribution in [3.05, 3.63) is 100 Å². The molecule has 4 rings (SSSR count). The monoisotopic (exact) mass is 425 g/mol. The summed E-state index contributed by atoms with van der Waals surface area (Å²) in [5.41, 5.74) is 3.60. The number of carbonyl (C=O) groups is 1. The smallest absolute Gasteiger partial charge is 0.266 e. The van der Waals surface area contributed by atoms with Gasteiger partial charge in [0.05, 0.1) is 11.3 Å². The van der Waals surface area contributed by atoms with E-state index in [2.05, 4.69) is 0 Å². The van der Waals surface area contributed by atoms with Crippen molar-refractivity contribution in [2.45, 2.75) is 24.2 Å². The highest BCUT2D eigenvalue weighted by Gasteiger charge is 2.36. The second-order valence-electron chi connectivity index (χ2n) is 7.23. The molecule has 4 nitrogen and oxygen atoms in total. The Kier molecular flexibility index (Phi) is 5.19. The van der Waals surface area contributed by atoms with E-state index in [4.69, 9.17) is 11.6 Å². The van der Waals surface area contributed by atoms with E-state index < -0.39 is 15.9 Å². The van der Waals surface area contributed by atoms with Crippen molar-refractivity contribution in [1.82, 2.24) is 4.31 Å². The first-order valence-electron chi connectivity index (χ1n) is 9.32. The quantitative estimate of drug-likeness (QED) is 0.618. The normalized spacial score (nSPS) is 17.0. The Morgan fingerprint density at radius 2 is 1.66 bits per heavy atom. The molecular weight excluding hydrogens is 406 g/mol. The number of hydrogen-bond donors (Lipinski definition) is 0. The van der Waals surface area contributed by atoms with Gasteiger partial charge in [0.2, 0.25) is 5.91 Å². The van der Waals surface area contributed by atoms with Crippen LogP contribution in [0.3, 0.4) is 0 Å². The summed E-state index contributed by atoms with van der Waals surface area (Å²) in [5, 5.41) is 0.526. The van der Waals surface area contributed by atoms with Crippen LogP contribution < -0.4 is 0 Å². The van der Waals surface area contributed by atoms with Gasteiger partial charge >= 0.3 is 0 Å². The van der Waals surface area contributed by atoms with Crippen molar-refractivity contribution in [2.24, 2.45) is 0 Å². The SMILES string of the molecule is Cc1ccc(S(=O)(=O)N2CC(c3ccccc3)c3ccc(Cl)cc3CC2=O)cc1. The Morgan fingerprint density at radius 3 is 2.34 bits per heavy atom. The van der Waals surface area contributed by atoms with Crippen LogP contribution in [-0.2, 0) is 21.2 Å². The summed E-state index contributed by atoms with van der Waals surface area (Å²) < 4.78 is 27.7. The number of hydrogen-bond acceptors (Lipinski definition) is 3. The predicted molar refractivity (Wildman–Crippen MR) is 114 cm³/mol. The van der Waals surface area contributed by atoms with E-state index in [9.17, 15) is 13.2 Å². The lowest BCUT2D eigenvalue weighted by molar-refractivity contribution is -0.125. The van der Waals surface area contributed by atoms with Crippen LogP contribution in [0.4, 0.5) is 0 Å². The molecule has 0 radical (unpaired) electrons. The molecule has 1 aliphatic rings. The number of fused-ring (bicyclic) bond motifs is 1. The minimum absolute atomic E-state index is 0.00960. The molecule has 0 spiro atoms. The first-order chi connectivity index (χ1) is 13.9. The van der Waals surface area contributed by atoms with E-state index in [0.29, 0.717) is 5.02 Å². The number of nitrogens with zero attached hydrogens (tertiary/aromatic N) is 1. The fourth-order valence-electron chi connectivity index (χ4n) is 3.72. The molecule has 0 N–H and O–H groups in total. The van der Waals surface area contributed by atoms with Gasteiger partial charge in [-0.05, 0) is 47.9 Å². The van der Waals surface area contributed by atoms with E-state index in [0.717, 1.165) is 26.6 Å². The zero-order valence-electron chi connectivity index (χ0n) is 15.9. The highest BCUT2D eigenvalue weighted by atomic mass is 35.5. The first kappa shape index (κ1) is 19.7. The van der Waals surface area contributed by atoms with Gasteiger partial charge < -0.3 is 0 Å². The van der Waals surface area contributed by atoms with Gasteiger partial charge in [-0.25, -0.2) is 12.7 Å². The van der Waals surface area contributed by atoms with Gasteiger partial charge in [0.15, 0.2) is 0 Å². The average Bonchev–Trinajstić information content (AvgIpc) is 2.84. The number of halogens is 1. The Balaban J connectivity index is 1.83. The Morgan fingerprint density at radius 1 is 0.966 bits per heavy atom. The second-order valence-corrected chi connectivity index (χ2v) is 9.52. The molecule has 6 heteroatoms. The van der Waals surface area contributed by atoms with Gasteiger partial charge in [-0.3, -0.25) is 4.79 Å². The Bertz CT molecular complexity index is 1160. The van der Waals surface area contributed by atoms with Crippen LogP contribution in [0.5, 0.6) is 0 Å². The number of aryl methyl sites for hydroxylation is 1. The van der Waals surface area contributed by atoms with Crippen LogP contribution in [0.15, 0.2) is 77.7 Å². The van der Waals surface area contributed by atoms with E-state index >= 15 is 0 Å². The summed E-state index contributed by atoms with van der Waals surface area (Å²) in [4.78, 5) is 13.2. The fraction of sp³-hybridized carbons (Fsp3) is 0.174. The molecule has 0 bridgehead atoms. The number of rotatable bonds is 3. The van der Waals surface area contributed by atoms with Crippen molar-refractivity contribution in [1.29, 1.82) is 0 Å². The molecule has 148 valence electrons. The summed E-state index contributed by atoms with van der Waals surface area (Å²) in [7, 11) is -3.97. The molecule has 3 aromatic rings. The molecule has 0 aromatic heterocycles. The molecule has 29 heavy (non-hydrogen) atoms. The molecule has 1 amide bonds. The van der Waals surface area contributed by atoms with Crippen molar-refractivity contribution in [3.8, 4) is 0 Å². The highest BCUT2D eigenvalue weighted by Crippen LogP contribution is 2.35. The molecule has 0 saturated carbocycles. The standard InChI is InChI=1S/C23H20ClNO3S/c1-16-7-10-20(11-8-16)29(27,28)25-15-22(17-5-3-2-4-6-17)21-12-9-19(24)13-18(21)14-23(25)26/h2-13,22H,14-15H2,1H3. The molecule has 1 heterocycles. The maximum absolute atomic E-state index is 13.3. The van der Waals surface area contributed by atoms with Crippen LogP contribution >= 0.6 is 11.6 Å². The predicted octanol–water partition coefficient (Wildman–Crippen LogP) is 4.55. The van der Waals surface area contributed by atoms with Crippen LogP contribution in [-0.4, -0.2) is 25.2 Å². The number of benzene rings is 3. The minimum atomic E-state index is -3.97. The van der Waals surface area contributed by atoms with Crippen LogP contribution in [0, 0.1) is 6.92 Å². The number of carbonyl (C=O) groups excluding carboxylic acids is 1. The third-order valence-electron chi connectivity index (χ3n) is 5.26. The van der Waals surface area contributed by atoms with Crippen molar-refractivity contribution in [2.75, 3.05) is 6.54 Å². The summed E-state index contributed by atoms with van der Waals surface area (Å²) in [5.74, 6) is -0.720. The van der Waals surface area contributed by atoms with Gasteiger partial charge in [-0.1, -0.05) is 65.7 Å². The first-order valence-corrected chi connectivity index (χ1v) is 11.1. The van der Waals surface area contributed by atoms with E-state index in [1.807, 2.05) is 43.3 Å². The van der Waals surface area contributed by atoms with Gasteiger partial charge in [0, 0.05) is 17.5 Å². The number of amides is 1. The fourth-order valence-corrected chi connectivity index (χ4v) is 5.33. The lowest BCUT2D eigenvalue weighted by Crippen LogP contribution is -2.39. The summed E-state index contributed by atoms with van der Waals surface area (Å²) in [6.45, 7) is 1.94. The third-order valence-corrected chi connectivity index (χ3v) is 7.30. The molecule has 0 fully saturated rings. The van der Waals surface area contributed by atoms with Crippen molar-refractivity contribution in [3.63, 3.8) is 0 Å². The Labute approximate surface area is 175 Å². The van der Waals surface area contributed by atoms with Crippen LogP contribution in [0.25, 0.3) is 0 Å². The molecule has 1 atom stereocenters. The summed E-state index contributed by atoms with van der Waals surface area (Å²) >= 11 is 6.17. The van der Waals surface area contributed by atoms with Crippen LogP contribution in [0.2, 0.25) is 5.02 Å². The number of sulfonamides is 1. The average molecular weight is 426 g/mol. The molecular formula is C23H20ClNO3S. The van der Waals surface area contributed by atoms with Gasteiger partial charge in [0.1, 0.15) is 0 Å². The lowest BCUT2D eigenvalue weighted by atomic mass is 9.88. The third kappa shape index (κ3) is 3.80. The van der Waals surface area contributed by atoms with Gasteiger partial charge in [0.25, 0.3) is 10.0 Å². The molecule has 1 unspecified atom stereocenters. The zero-order valence-corrected chi connectivity index (χ0v) is 17.5. The Hall–Kier alpha value is -2.63. The summed E-state index contributed by atoms with van der Waals surface area (Å²) in [6, 6.07) is 21.6. The van der Waals surface area contributed by atoms with Crippen molar-refractivity contribution < 1.29 is 13.2 Å². The topological polar surface area (TPSA) is 54.5 Å². The minimum Gasteiger partial charge on any atom is -0.273 e. The molecule has 3 aromatic carbocycles. The molecule has 0 saturated heterocycles. The molecule has 0 aliphatic carbocycles. The van der Waals surface area contributed by atoms with Crippen molar-refractivity contribution >= 4 is 27.5 Å².